The highest BCUT2D eigenvalue weighted by Crippen LogP contribution is 2.24. The summed E-state index contributed by atoms with van der Waals surface area (Å²) in [6.07, 6.45) is 7.25. The molecule has 1 amide bonds. The number of nitrogens with zero attached hydrogens (tertiary/aromatic N) is 4. The summed E-state index contributed by atoms with van der Waals surface area (Å²) in [5.41, 5.74) is 10.9. The molecular formula is C29H30N6O. The van der Waals surface area contributed by atoms with Crippen LogP contribution in [0, 0.1) is 11.3 Å². The molecule has 1 aliphatic rings. The molecule has 2 aromatic carbocycles. The summed E-state index contributed by atoms with van der Waals surface area (Å²) in [7, 11) is 0. The molecule has 36 heavy (non-hydrogen) atoms. The van der Waals surface area contributed by atoms with Crippen LogP contribution in [0.2, 0.25) is 0 Å². The van der Waals surface area contributed by atoms with Gasteiger partial charge >= 0.3 is 0 Å². The molecule has 5 rings (SSSR count). The van der Waals surface area contributed by atoms with Crippen LogP contribution in [0.5, 0.6) is 0 Å². The Hall–Kier alpha value is -4.15. The Labute approximate surface area is 211 Å². The molecule has 0 bridgehead atoms. The maximum Gasteiger partial charge on any atom is 0.248 e. The van der Waals surface area contributed by atoms with Crippen molar-refractivity contribution >= 4 is 22.6 Å². The number of hydrogen-bond acceptors (Lipinski definition) is 5. The van der Waals surface area contributed by atoms with Crippen LogP contribution in [-0.4, -0.2) is 53.5 Å². The van der Waals surface area contributed by atoms with Gasteiger partial charge in [-0.3, -0.25) is 9.69 Å². The summed E-state index contributed by atoms with van der Waals surface area (Å²) in [5.74, 6) is 0.562. The van der Waals surface area contributed by atoms with E-state index in [0.717, 1.165) is 74.4 Å². The van der Waals surface area contributed by atoms with Crippen LogP contribution in [0.25, 0.3) is 22.0 Å². The SMILES string of the molecule is N#Cc1ccc2[nH]cc(CCCCN3CCN(c4ccc(-c5cccc(C(N)=O)c5)cn4)CC3)c2c1. The molecule has 0 atom stereocenters. The molecule has 1 fully saturated rings. The molecule has 3 N–H and O–H groups in total. The van der Waals surface area contributed by atoms with Crippen LogP contribution in [0.4, 0.5) is 5.82 Å². The first-order valence-electron chi connectivity index (χ1n) is 12.4. The smallest absolute Gasteiger partial charge is 0.248 e. The third-order valence-electron chi connectivity index (χ3n) is 6.99. The number of piperazine rings is 1. The number of rotatable bonds is 8. The van der Waals surface area contributed by atoms with E-state index in [1.165, 1.54) is 10.9 Å². The largest absolute Gasteiger partial charge is 0.366 e. The number of nitriles is 1. The van der Waals surface area contributed by atoms with Crippen LogP contribution >= 0.6 is 0 Å². The number of nitrogens with one attached hydrogen (secondary N) is 1. The second-order valence-electron chi connectivity index (χ2n) is 9.32. The zero-order valence-electron chi connectivity index (χ0n) is 20.3. The fourth-order valence-corrected chi connectivity index (χ4v) is 4.90. The molecule has 4 aromatic rings. The van der Waals surface area contributed by atoms with Crippen LogP contribution in [0.1, 0.15) is 34.3 Å². The molecule has 7 heteroatoms. The summed E-state index contributed by atoms with van der Waals surface area (Å²) in [6, 6.07) is 19.5. The van der Waals surface area contributed by atoms with E-state index in [1.54, 1.807) is 12.1 Å². The second-order valence-corrected chi connectivity index (χ2v) is 9.32. The van der Waals surface area contributed by atoms with Crippen molar-refractivity contribution in [2.45, 2.75) is 19.3 Å². The first kappa shape index (κ1) is 23.6. The van der Waals surface area contributed by atoms with E-state index in [-0.39, 0.29) is 0 Å². The standard InChI is InChI=1S/C29H30N6O/c30-18-21-7-9-27-26(16-21)25(20-32-27)4-1-2-11-34-12-14-35(15-13-34)28-10-8-24(19-33-28)22-5-3-6-23(17-22)29(31)36/h3,5-10,16-17,19-20,32H,1-2,4,11-15H2,(H2,31,36). The van der Waals surface area contributed by atoms with Crippen LogP contribution < -0.4 is 10.6 Å². The summed E-state index contributed by atoms with van der Waals surface area (Å²) < 4.78 is 0. The Bertz CT molecular complexity index is 1390. The molecule has 2 aromatic heterocycles. The van der Waals surface area contributed by atoms with Gasteiger partial charge in [0.05, 0.1) is 11.6 Å². The number of unbranched alkanes of at least 4 members (excludes halogenated alkanes) is 1. The average Bonchev–Trinajstić information content (AvgIpc) is 3.33. The predicted molar refractivity (Wildman–Crippen MR) is 143 cm³/mol. The molecule has 0 unspecified atom stereocenters. The minimum absolute atomic E-state index is 0.425. The number of pyridine rings is 1. The maximum atomic E-state index is 11.5. The lowest BCUT2D eigenvalue weighted by Gasteiger charge is -2.35. The quantitative estimate of drug-likeness (QED) is 0.367. The number of anilines is 1. The number of aromatic nitrogens is 2. The molecule has 0 radical (unpaired) electrons. The zero-order valence-corrected chi connectivity index (χ0v) is 20.3. The summed E-state index contributed by atoms with van der Waals surface area (Å²) >= 11 is 0. The Kier molecular flexibility index (Phi) is 6.96. The van der Waals surface area contributed by atoms with Crippen LogP contribution in [0.3, 0.4) is 0 Å². The molecular weight excluding hydrogens is 448 g/mol. The van der Waals surface area contributed by atoms with Crippen LogP contribution in [-0.2, 0) is 6.42 Å². The van der Waals surface area contributed by atoms with Gasteiger partial charge in [-0.2, -0.15) is 5.26 Å². The van der Waals surface area contributed by atoms with Gasteiger partial charge in [0.1, 0.15) is 5.82 Å². The van der Waals surface area contributed by atoms with E-state index in [1.807, 2.05) is 36.5 Å². The van der Waals surface area contributed by atoms with Gasteiger partial charge in [0.2, 0.25) is 5.91 Å². The van der Waals surface area contributed by atoms with E-state index in [4.69, 9.17) is 5.73 Å². The minimum atomic E-state index is -0.425. The molecule has 1 aliphatic heterocycles. The highest BCUT2D eigenvalue weighted by molar-refractivity contribution is 5.94. The Balaban J connectivity index is 1.09. The van der Waals surface area contributed by atoms with Gasteiger partial charge in [-0.15, -0.1) is 0 Å². The Morgan fingerprint density at radius 3 is 2.64 bits per heavy atom. The number of primary amides is 1. The van der Waals surface area contributed by atoms with E-state index in [0.29, 0.717) is 11.1 Å². The van der Waals surface area contributed by atoms with Crippen molar-refractivity contribution in [1.29, 1.82) is 5.26 Å². The number of H-pyrrole nitrogens is 1. The summed E-state index contributed by atoms with van der Waals surface area (Å²) in [4.78, 5) is 24.3. The van der Waals surface area contributed by atoms with Crippen molar-refractivity contribution in [1.82, 2.24) is 14.9 Å². The number of fused-ring (bicyclic) bond motifs is 1. The fraction of sp³-hybridized carbons (Fsp3) is 0.276. The monoisotopic (exact) mass is 478 g/mol. The van der Waals surface area contributed by atoms with Gasteiger partial charge in [-0.1, -0.05) is 12.1 Å². The average molecular weight is 479 g/mol. The normalized spacial score (nSPS) is 14.1. The highest BCUT2D eigenvalue weighted by Gasteiger charge is 2.18. The Morgan fingerprint density at radius 1 is 1.03 bits per heavy atom. The number of benzene rings is 2. The summed E-state index contributed by atoms with van der Waals surface area (Å²) in [5, 5.41) is 10.3. The van der Waals surface area contributed by atoms with Crippen molar-refractivity contribution < 1.29 is 4.79 Å². The third-order valence-corrected chi connectivity index (χ3v) is 6.99. The van der Waals surface area contributed by atoms with E-state index in [9.17, 15) is 10.1 Å². The maximum absolute atomic E-state index is 11.5. The number of nitrogens with two attached hydrogens (primary N) is 1. The number of amides is 1. The molecule has 1 saturated heterocycles. The predicted octanol–water partition coefficient (Wildman–Crippen LogP) is 4.35. The number of hydrogen-bond donors (Lipinski definition) is 2. The van der Waals surface area contributed by atoms with Crippen molar-refractivity contribution in [2.75, 3.05) is 37.6 Å². The molecule has 0 spiro atoms. The molecule has 0 aliphatic carbocycles. The van der Waals surface area contributed by atoms with Crippen LogP contribution in [0.15, 0.2) is 67.0 Å². The fourth-order valence-electron chi connectivity index (χ4n) is 4.90. The lowest BCUT2D eigenvalue weighted by Crippen LogP contribution is -2.46. The molecule has 0 saturated carbocycles. The Morgan fingerprint density at radius 2 is 1.89 bits per heavy atom. The van der Waals surface area contributed by atoms with Gasteiger partial charge in [0.25, 0.3) is 0 Å². The number of aryl methyl sites for hydroxylation is 1. The van der Waals surface area contributed by atoms with Gasteiger partial charge in [0.15, 0.2) is 0 Å². The molecule has 3 heterocycles. The van der Waals surface area contributed by atoms with E-state index >= 15 is 0 Å². The van der Waals surface area contributed by atoms with Crippen molar-refractivity contribution in [3.05, 3.63) is 83.7 Å². The first-order valence-corrected chi connectivity index (χ1v) is 12.4. The summed E-state index contributed by atoms with van der Waals surface area (Å²) in [6.45, 7) is 5.08. The zero-order chi connectivity index (χ0) is 24.9. The number of aromatic amines is 1. The van der Waals surface area contributed by atoms with E-state index < -0.39 is 5.91 Å². The van der Waals surface area contributed by atoms with Gasteiger partial charge in [-0.25, -0.2) is 4.98 Å². The van der Waals surface area contributed by atoms with E-state index in [2.05, 4.69) is 44.2 Å². The third kappa shape index (κ3) is 5.24. The lowest BCUT2D eigenvalue weighted by atomic mass is 10.0. The molecule has 182 valence electrons. The van der Waals surface area contributed by atoms with Gasteiger partial charge in [-0.05, 0) is 79.4 Å². The first-order chi connectivity index (χ1) is 17.6. The highest BCUT2D eigenvalue weighted by atomic mass is 16.1. The topological polar surface area (TPSA) is 102 Å². The number of carbonyl (C=O) groups is 1. The van der Waals surface area contributed by atoms with Crippen molar-refractivity contribution in [3.63, 3.8) is 0 Å². The van der Waals surface area contributed by atoms with Crippen molar-refractivity contribution in [2.24, 2.45) is 5.73 Å². The molecule has 7 nitrogen and oxygen atoms in total. The van der Waals surface area contributed by atoms with Gasteiger partial charge < -0.3 is 15.6 Å². The van der Waals surface area contributed by atoms with Crippen molar-refractivity contribution in [3.8, 4) is 17.2 Å². The van der Waals surface area contributed by atoms with Gasteiger partial charge in [0, 0.05) is 60.6 Å². The lowest BCUT2D eigenvalue weighted by molar-refractivity contribution is 0.100. The second kappa shape index (κ2) is 10.6. The number of carbonyl (C=O) groups excluding carboxylic acids is 1. The minimum Gasteiger partial charge on any atom is -0.366 e.